The molecule has 25 heavy (non-hydrogen) atoms. The molecule has 0 spiro atoms. The van der Waals surface area contributed by atoms with Crippen molar-refractivity contribution in [2.45, 2.75) is 19.5 Å². The summed E-state index contributed by atoms with van der Waals surface area (Å²) in [7, 11) is 1.67. The summed E-state index contributed by atoms with van der Waals surface area (Å²) in [5.74, 6) is 0.948. The molecule has 3 rings (SSSR count). The van der Waals surface area contributed by atoms with Gasteiger partial charge in [0.05, 0.1) is 19.6 Å². The van der Waals surface area contributed by atoms with Crippen LogP contribution >= 0.6 is 0 Å². The maximum atomic E-state index is 12.0. The van der Waals surface area contributed by atoms with Gasteiger partial charge in [-0.15, -0.1) is 0 Å². The maximum Gasteiger partial charge on any atom is 0.225 e. The van der Waals surface area contributed by atoms with Crippen molar-refractivity contribution in [3.8, 4) is 5.75 Å². The van der Waals surface area contributed by atoms with Crippen LogP contribution in [-0.2, 0) is 22.6 Å². The number of methoxy groups -OCH3 is 1. The van der Waals surface area contributed by atoms with Gasteiger partial charge in [-0.25, -0.2) is 0 Å². The Kier molecular flexibility index (Phi) is 5.90. The van der Waals surface area contributed by atoms with E-state index in [1.54, 1.807) is 7.11 Å². The predicted molar refractivity (Wildman–Crippen MR) is 97.5 cm³/mol. The van der Waals surface area contributed by atoms with Crippen LogP contribution in [0.5, 0.6) is 5.75 Å². The van der Waals surface area contributed by atoms with Crippen LogP contribution in [0.2, 0.25) is 0 Å². The zero-order valence-corrected chi connectivity index (χ0v) is 14.5. The second-order valence-electron chi connectivity index (χ2n) is 6.18. The van der Waals surface area contributed by atoms with Gasteiger partial charge < -0.3 is 20.1 Å². The number of carbonyl (C=O) groups is 1. The van der Waals surface area contributed by atoms with Gasteiger partial charge in [0.1, 0.15) is 5.75 Å². The number of benzene rings is 2. The molecule has 132 valence electrons. The van der Waals surface area contributed by atoms with Crippen molar-refractivity contribution in [3.63, 3.8) is 0 Å². The highest BCUT2D eigenvalue weighted by Gasteiger charge is 2.22. The summed E-state index contributed by atoms with van der Waals surface area (Å²) in [5, 5.41) is 6.37. The van der Waals surface area contributed by atoms with Gasteiger partial charge >= 0.3 is 0 Å². The molecule has 1 amide bonds. The molecule has 5 heteroatoms. The summed E-state index contributed by atoms with van der Waals surface area (Å²) in [4.78, 5) is 12.0. The highest BCUT2D eigenvalue weighted by Crippen LogP contribution is 2.15. The van der Waals surface area contributed by atoms with E-state index in [1.807, 2.05) is 48.5 Å². The fourth-order valence-electron chi connectivity index (χ4n) is 2.76. The van der Waals surface area contributed by atoms with Gasteiger partial charge in [0.2, 0.25) is 5.91 Å². The van der Waals surface area contributed by atoms with Crippen LogP contribution in [0.1, 0.15) is 17.5 Å². The molecule has 1 atom stereocenters. The molecule has 1 aliphatic rings. The third-order valence-corrected chi connectivity index (χ3v) is 4.38. The minimum absolute atomic E-state index is 0.00503. The average Bonchev–Trinajstić information content (AvgIpc) is 3.20. The van der Waals surface area contributed by atoms with Gasteiger partial charge in [-0.05, 0) is 41.8 Å². The predicted octanol–water partition coefficient (Wildman–Crippen LogP) is 2.96. The Bertz CT molecular complexity index is 677. The summed E-state index contributed by atoms with van der Waals surface area (Å²) in [6.07, 6.45) is 0.819. The first-order chi connectivity index (χ1) is 12.2. The van der Waals surface area contributed by atoms with E-state index in [9.17, 15) is 4.79 Å². The number of amides is 1. The van der Waals surface area contributed by atoms with E-state index in [4.69, 9.17) is 9.47 Å². The molecule has 5 nitrogen and oxygen atoms in total. The molecular weight excluding hydrogens is 316 g/mol. The molecule has 1 heterocycles. The minimum atomic E-state index is 0.00503. The number of hydrogen-bond acceptors (Lipinski definition) is 4. The Morgan fingerprint density at radius 1 is 1.08 bits per heavy atom. The average molecular weight is 340 g/mol. The van der Waals surface area contributed by atoms with Crippen LogP contribution < -0.4 is 15.4 Å². The Morgan fingerprint density at radius 3 is 2.40 bits per heavy atom. The van der Waals surface area contributed by atoms with E-state index >= 15 is 0 Å². The lowest BCUT2D eigenvalue weighted by molar-refractivity contribution is -0.125. The number of carbonyl (C=O) groups excluding carboxylic acids is 1. The van der Waals surface area contributed by atoms with Crippen LogP contribution in [-0.4, -0.2) is 26.2 Å². The fourth-order valence-corrected chi connectivity index (χ4v) is 2.76. The number of rotatable bonds is 7. The number of anilines is 1. The van der Waals surface area contributed by atoms with Crippen LogP contribution in [0.25, 0.3) is 0 Å². The first-order valence-corrected chi connectivity index (χ1v) is 8.56. The topological polar surface area (TPSA) is 59.6 Å². The second kappa shape index (κ2) is 8.53. The summed E-state index contributed by atoms with van der Waals surface area (Å²) in [6.45, 7) is 2.53. The monoisotopic (exact) mass is 340 g/mol. The van der Waals surface area contributed by atoms with Crippen molar-refractivity contribution in [1.29, 1.82) is 0 Å². The van der Waals surface area contributed by atoms with E-state index in [0.717, 1.165) is 30.0 Å². The molecule has 0 saturated carbocycles. The quantitative estimate of drug-likeness (QED) is 0.814. The van der Waals surface area contributed by atoms with Gasteiger partial charge in [0.25, 0.3) is 0 Å². The van der Waals surface area contributed by atoms with E-state index in [1.165, 1.54) is 5.56 Å². The first kappa shape index (κ1) is 17.3. The van der Waals surface area contributed by atoms with Crippen molar-refractivity contribution >= 4 is 11.6 Å². The van der Waals surface area contributed by atoms with Crippen LogP contribution in [0.4, 0.5) is 5.69 Å². The Labute approximate surface area is 148 Å². The molecule has 0 bridgehead atoms. The highest BCUT2D eigenvalue weighted by atomic mass is 16.5. The molecule has 2 N–H and O–H groups in total. The standard InChI is InChI=1S/C20H24N2O3/c1-24-19-8-4-16(5-9-19)12-21-18-6-2-15(3-7-18)13-22-20(23)17-10-11-25-14-17/h2-9,17,21H,10-14H2,1H3,(H,22,23)/t17-/m1/s1. The highest BCUT2D eigenvalue weighted by molar-refractivity contribution is 5.79. The number of hydrogen-bond donors (Lipinski definition) is 2. The Balaban J connectivity index is 1.45. The van der Waals surface area contributed by atoms with Gasteiger partial charge in [0, 0.05) is 25.4 Å². The van der Waals surface area contributed by atoms with Gasteiger partial charge in [-0.1, -0.05) is 24.3 Å². The normalized spacial score (nSPS) is 16.4. The van der Waals surface area contributed by atoms with Crippen molar-refractivity contribution in [2.75, 3.05) is 25.6 Å². The van der Waals surface area contributed by atoms with Gasteiger partial charge in [-0.2, -0.15) is 0 Å². The molecule has 0 aromatic heterocycles. The maximum absolute atomic E-state index is 12.0. The molecule has 0 radical (unpaired) electrons. The van der Waals surface area contributed by atoms with Crippen LogP contribution in [0.15, 0.2) is 48.5 Å². The summed E-state index contributed by atoms with van der Waals surface area (Å²) in [6, 6.07) is 16.1. The molecule has 1 saturated heterocycles. The lowest BCUT2D eigenvalue weighted by Gasteiger charge is -2.11. The zero-order valence-electron chi connectivity index (χ0n) is 14.5. The smallest absolute Gasteiger partial charge is 0.225 e. The molecule has 1 aliphatic heterocycles. The molecule has 1 fully saturated rings. The molecule has 0 aliphatic carbocycles. The van der Waals surface area contributed by atoms with Gasteiger partial charge in [-0.3, -0.25) is 4.79 Å². The SMILES string of the molecule is COc1ccc(CNc2ccc(CNC(=O)[C@@H]3CCOC3)cc2)cc1. The minimum Gasteiger partial charge on any atom is -0.497 e. The van der Waals surface area contributed by atoms with Crippen molar-refractivity contribution < 1.29 is 14.3 Å². The van der Waals surface area contributed by atoms with Crippen LogP contribution in [0.3, 0.4) is 0 Å². The van der Waals surface area contributed by atoms with Crippen molar-refractivity contribution in [3.05, 3.63) is 59.7 Å². The summed E-state index contributed by atoms with van der Waals surface area (Å²) >= 11 is 0. The van der Waals surface area contributed by atoms with Crippen molar-refractivity contribution in [2.24, 2.45) is 5.92 Å². The van der Waals surface area contributed by atoms with Gasteiger partial charge in [0.15, 0.2) is 0 Å². The van der Waals surface area contributed by atoms with E-state index in [-0.39, 0.29) is 11.8 Å². The van der Waals surface area contributed by atoms with Crippen molar-refractivity contribution in [1.82, 2.24) is 5.32 Å². The number of ether oxygens (including phenoxy) is 2. The molecular formula is C20H24N2O3. The zero-order chi connectivity index (χ0) is 17.5. The third-order valence-electron chi connectivity index (χ3n) is 4.38. The van der Waals surface area contributed by atoms with E-state index in [2.05, 4.69) is 10.6 Å². The molecule has 2 aromatic carbocycles. The Morgan fingerprint density at radius 2 is 1.76 bits per heavy atom. The third kappa shape index (κ3) is 4.97. The Hall–Kier alpha value is -2.53. The van der Waals surface area contributed by atoms with E-state index in [0.29, 0.717) is 19.8 Å². The summed E-state index contributed by atoms with van der Waals surface area (Å²) < 4.78 is 10.4. The first-order valence-electron chi connectivity index (χ1n) is 8.56. The number of nitrogens with one attached hydrogen (secondary N) is 2. The lowest BCUT2D eigenvalue weighted by Crippen LogP contribution is -2.30. The molecule has 2 aromatic rings. The second-order valence-corrected chi connectivity index (χ2v) is 6.18. The van der Waals surface area contributed by atoms with E-state index < -0.39 is 0 Å². The fraction of sp³-hybridized carbons (Fsp3) is 0.350. The molecule has 0 unspecified atom stereocenters. The largest absolute Gasteiger partial charge is 0.497 e. The summed E-state index contributed by atoms with van der Waals surface area (Å²) in [5.41, 5.74) is 3.33. The lowest BCUT2D eigenvalue weighted by atomic mass is 10.1. The van der Waals surface area contributed by atoms with Crippen LogP contribution in [0, 0.1) is 5.92 Å².